The van der Waals surface area contributed by atoms with Crippen LogP contribution in [-0.2, 0) is 0 Å². The summed E-state index contributed by atoms with van der Waals surface area (Å²) in [4.78, 5) is 0. The number of fused-ring (bicyclic) bond motifs is 1. The molecule has 0 amide bonds. The van der Waals surface area contributed by atoms with Crippen LogP contribution in [-0.4, -0.2) is 4.40 Å². The number of hydrogen-bond donors (Lipinski definition) is 0. The lowest BCUT2D eigenvalue weighted by Gasteiger charge is -1.98. The summed E-state index contributed by atoms with van der Waals surface area (Å²) in [6.07, 6.45) is 2.19. The van der Waals surface area contributed by atoms with Crippen LogP contribution in [0.2, 0.25) is 0 Å². The zero-order valence-electron chi connectivity index (χ0n) is 9.22. The first kappa shape index (κ1) is 9.22. The molecule has 16 heavy (non-hydrogen) atoms. The molecule has 0 atom stereocenters. The molecule has 2 heterocycles. The van der Waals surface area contributed by atoms with Crippen molar-refractivity contribution >= 4 is 5.52 Å². The maximum absolute atomic E-state index is 2.22. The van der Waals surface area contributed by atoms with E-state index in [1.54, 1.807) is 0 Å². The number of nitrogens with zero attached hydrogens (tertiary/aromatic N) is 1. The van der Waals surface area contributed by atoms with E-state index < -0.39 is 0 Å². The molecule has 0 unspecified atom stereocenters. The van der Waals surface area contributed by atoms with Crippen LogP contribution in [0.15, 0.2) is 60.8 Å². The van der Waals surface area contributed by atoms with E-state index in [1.807, 2.05) is 6.07 Å². The molecule has 1 aromatic carbocycles. The molecule has 0 radical (unpaired) electrons. The van der Waals surface area contributed by atoms with E-state index in [9.17, 15) is 0 Å². The molecule has 0 aliphatic carbocycles. The summed E-state index contributed by atoms with van der Waals surface area (Å²) < 4.78 is 2.22. The van der Waals surface area contributed by atoms with Crippen LogP contribution in [0.4, 0.5) is 0 Å². The van der Waals surface area contributed by atoms with Gasteiger partial charge < -0.3 is 4.40 Å². The van der Waals surface area contributed by atoms with Crippen LogP contribution in [0.3, 0.4) is 0 Å². The van der Waals surface area contributed by atoms with Crippen molar-refractivity contribution in [1.29, 1.82) is 0 Å². The Bertz CT molecular complexity index is 620. The van der Waals surface area contributed by atoms with E-state index in [2.05, 4.69) is 66.1 Å². The normalized spacial score (nSPS) is 10.8. The van der Waals surface area contributed by atoms with Gasteiger partial charge in [0.25, 0.3) is 0 Å². The van der Waals surface area contributed by atoms with Gasteiger partial charge in [-0.15, -0.1) is 0 Å². The lowest BCUT2D eigenvalue weighted by atomic mass is 10.1. The van der Waals surface area contributed by atoms with E-state index in [4.69, 9.17) is 0 Å². The van der Waals surface area contributed by atoms with Crippen LogP contribution in [0.5, 0.6) is 0 Å². The Morgan fingerprint density at radius 2 is 1.62 bits per heavy atom. The predicted octanol–water partition coefficient (Wildman–Crippen LogP) is 3.91. The second-order valence-electron chi connectivity index (χ2n) is 4.06. The third kappa shape index (κ3) is 1.41. The lowest BCUT2D eigenvalue weighted by Crippen LogP contribution is -1.86. The molecule has 0 N–H and O–H groups in total. The van der Waals surface area contributed by atoms with Crippen molar-refractivity contribution in [2.45, 2.75) is 6.92 Å². The average molecular weight is 207 g/mol. The second kappa shape index (κ2) is 3.53. The van der Waals surface area contributed by atoms with Gasteiger partial charge in [0.1, 0.15) is 0 Å². The fourth-order valence-corrected chi connectivity index (χ4v) is 2.07. The first-order chi connectivity index (χ1) is 7.84. The van der Waals surface area contributed by atoms with Crippen molar-refractivity contribution in [1.82, 2.24) is 4.40 Å². The number of pyridine rings is 1. The van der Waals surface area contributed by atoms with E-state index >= 15 is 0 Å². The quantitative estimate of drug-likeness (QED) is 0.569. The van der Waals surface area contributed by atoms with Gasteiger partial charge in [-0.3, -0.25) is 0 Å². The summed E-state index contributed by atoms with van der Waals surface area (Å²) in [5, 5.41) is 0. The number of hydrogen-bond acceptors (Lipinski definition) is 0. The van der Waals surface area contributed by atoms with Gasteiger partial charge in [0.2, 0.25) is 0 Å². The summed E-state index contributed by atoms with van der Waals surface area (Å²) in [7, 11) is 0. The molecule has 0 saturated heterocycles. The molecule has 0 spiro atoms. The topological polar surface area (TPSA) is 4.41 Å². The highest BCUT2D eigenvalue weighted by atomic mass is 14.9. The van der Waals surface area contributed by atoms with Crippen molar-refractivity contribution in [3.05, 3.63) is 66.5 Å². The number of rotatable bonds is 1. The Morgan fingerprint density at radius 3 is 2.38 bits per heavy atom. The maximum Gasteiger partial charge on any atom is 0.0459 e. The van der Waals surface area contributed by atoms with Gasteiger partial charge in [0, 0.05) is 23.0 Å². The highest BCUT2D eigenvalue weighted by Crippen LogP contribution is 2.23. The van der Waals surface area contributed by atoms with E-state index in [0.29, 0.717) is 0 Å². The standard InChI is InChI=1S/C15H13N/c1-12-6-5-9-15-10-14(11-16(12)15)13-7-3-2-4-8-13/h2-11H,1H3. The third-order valence-electron chi connectivity index (χ3n) is 2.94. The Balaban J connectivity index is 2.23. The van der Waals surface area contributed by atoms with Crippen molar-refractivity contribution < 1.29 is 0 Å². The monoisotopic (exact) mass is 207 g/mol. The molecular weight excluding hydrogens is 194 g/mol. The molecule has 1 heteroatoms. The zero-order valence-corrected chi connectivity index (χ0v) is 9.22. The minimum atomic E-state index is 1.25. The average Bonchev–Trinajstić information content (AvgIpc) is 2.76. The Kier molecular flexibility index (Phi) is 2.03. The second-order valence-corrected chi connectivity index (χ2v) is 4.06. The molecule has 0 aliphatic rings. The zero-order chi connectivity index (χ0) is 11.0. The van der Waals surface area contributed by atoms with Gasteiger partial charge in [-0.25, -0.2) is 0 Å². The Labute approximate surface area is 95.0 Å². The van der Waals surface area contributed by atoms with Gasteiger partial charge in [0.05, 0.1) is 0 Å². The van der Waals surface area contributed by atoms with E-state index in [1.165, 1.54) is 22.3 Å². The molecule has 3 aromatic rings. The van der Waals surface area contributed by atoms with Crippen molar-refractivity contribution in [3.8, 4) is 11.1 Å². The summed E-state index contributed by atoms with van der Waals surface area (Å²) in [6, 6.07) is 19.1. The fourth-order valence-electron chi connectivity index (χ4n) is 2.07. The molecule has 3 rings (SSSR count). The highest BCUT2D eigenvalue weighted by Gasteiger charge is 2.02. The third-order valence-corrected chi connectivity index (χ3v) is 2.94. The summed E-state index contributed by atoms with van der Waals surface area (Å²) >= 11 is 0. The van der Waals surface area contributed by atoms with Gasteiger partial charge in [0.15, 0.2) is 0 Å². The number of aromatic nitrogens is 1. The summed E-state index contributed by atoms with van der Waals surface area (Å²) in [6.45, 7) is 2.13. The first-order valence-corrected chi connectivity index (χ1v) is 5.48. The van der Waals surface area contributed by atoms with Crippen LogP contribution < -0.4 is 0 Å². The molecule has 0 bridgehead atoms. The summed E-state index contributed by atoms with van der Waals surface area (Å²) in [5.74, 6) is 0. The molecular formula is C15H13N. The van der Waals surface area contributed by atoms with Crippen molar-refractivity contribution in [3.63, 3.8) is 0 Å². The fraction of sp³-hybridized carbons (Fsp3) is 0.0667. The van der Waals surface area contributed by atoms with Crippen LogP contribution >= 0.6 is 0 Å². The minimum absolute atomic E-state index is 1.25. The number of aryl methyl sites for hydroxylation is 1. The highest BCUT2D eigenvalue weighted by molar-refractivity contribution is 5.70. The molecule has 0 saturated carbocycles. The molecule has 0 fully saturated rings. The van der Waals surface area contributed by atoms with Gasteiger partial charge >= 0.3 is 0 Å². The van der Waals surface area contributed by atoms with Crippen LogP contribution in [0, 0.1) is 6.92 Å². The Morgan fingerprint density at radius 1 is 0.812 bits per heavy atom. The minimum Gasteiger partial charge on any atom is -0.321 e. The van der Waals surface area contributed by atoms with Crippen LogP contribution in [0.1, 0.15) is 5.69 Å². The van der Waals surface area contributed by atoms with E-state index in [-0.39, 0.29) is 0 Å². The maximum atomic E-state index is 2.22. The first-order valence-electron chi connectivity index (χ1n) is 5.48. The lowest BCUT2D eigenvalue weighted by molar-refractivity contribution is 1.10. The SMILES string of the molecule is Cc1cccc2cc(-c3ccccc3)cn12. The van der Waals surface area contributed by atoms with Crippen molar-refractivity contribution in [2.24, 2.45) is 0 Å². The largest absolute Gasteiger partial charge is 0.321 e. The smallest absolute Gasteiger partial charge is 0.0459 e. The molecule has 78 valence electrons. The van der Waals surface area contributed by atoms with Gasteiger partial charge in [-0.05, 0) is 30.7 Å². The predicted molar refractivity (Wildman–Crippen MR) is 67.6 cm³/mol. The van der Waals surface area contributed by atoms with Gasteiger partial charge in [-0.1, -0.05) is 36.4 Å². The Hall–Kier alpha value is -2.02. The van der Waals surface area contributed by atoms with Crippen molar-refractivity contribution in [2.75, 3.05) is 0 Å². The molecule has 0 aliphatic heterocycles. The molecule has 2 aromatic heterocycles. The molecule has 1 nitrogen and oxygen atoms in total. The number of benzene rings is 1. The van der Waals surface area contributed by atoms with Gasteiger partial charge in [-0.2, -0.15) is 0 Å². The van der Waals surface area contributed by atoms with Crippen LogP contribution in [0.25, 0.3) is 16.6 Å². The summed E-state index contributed by atoms with van der Waals surface area (Å²) in [5.41, 5.74) is 5.05. The van der Waals surface area contributed by atoms with E-state index in [0.717, 1.165) is 0 Å².